The van der Waals surface area contributed by atoms with Crippen LogP contribution in [-0.4, -0.2) is 42.0 Å². The highest BCUT2D eigenvalue weighted by Crippen LogP contribution is 2.46. The molecule has 0 heterocycles. The maximum absolute atomic E-state index is 6.28. The van der Waals surface area contributed by atoms with E-state index < -0.39 is 0 Å². The second kappa shape index (κ2) is 12.9. The van der Waals surface area contributed by atoms with Gasteiger partial charge in [-0.25, -0.2) is 0 Å². The van der Waals surface area contributed by atoms with E-state index in [9.17, 15) is 0 Å². The van der Waals surface area contributed by atoms with Gasteiger partial charge in [0.2, 0.25) is 0 Å². The zero-order chi connectivity index (χ0) is 22.0. The average molecular weight is 433 g/mol. The van der Waals surface area contributed by atoms with Crippen LogP contribution in [0.4, 0.5) is 0 Å². The van der Waals surface area contributed by atoms with Gasteiger partial charge in [0.05, 0.1) is 0 Å². The molecule has 0 aromatic heterocycles. The third-order valence-corrected chi connectivity index (χ3v) is 7.32. The lowest BCUT2D eigenvalue weighted by Crippen LogP contribution is -2.55. The minimum absolute atomic E-state index is 0.136. The Balaban J connectivity index is 2.37. The monoisotopic (exact) mass is 432 g/mol. The summed E-state index contributed by atoms with van der Waals surface area (Å²) in [5.74, 6) is 0.659. The van der Waals surface area contributed by atoms with Crippen molar-refractivity contribution in [2.45, 2.75) is 90.6 Å². The highest BCUT2D eigenvalue weighted by Gasteiger charge is 2.45. The summed E-state index contributed by atoms with van der Waals surface area (Å²) in [6.45, 7) is 18.0. The van der Waals surface area contributed by atoms with Crippen molar-refractivity contribution in [3.8, 4) is 0 Å². The Kier molecular flexibility index (Phi) is 10.9. The molecule has 0 radical (unpaired) electrons. The number of hydrogen-bond acceptors (Lipinski definition) is 2. The predicted molar refractivity (Wildman–Crippen MR) is 133 cm³/mol. The zero-order valence-corrected chi connectivity index (χ0v) is 20.8. The smallest absolute Gasteiger partial charge is 0.0464 e. The normalized spacial score (nSPS) is 24.5. The van der Waals surface area contributed by atoms with E-state index in [1.807, 2.05) is 0 Å². The Morgan fingerprint density at radius 3 is 2.17 bits per heavy atom. The van der Waals surface area contributed by atoms with Crippen molar-refractivity contribution in [1.29, 1.82) is 0 Å². The number of rotatable bonds is 13. The highest BCUT2D eigenvalue weighted by atomic mass is 35.5. The van der Waals surface area contributed by atoms with Crippen molar-refractivity contribution < 1.29 is 0 Å². The Bertz CT molecular complexity index is 606. The van der Waals surface area contributed by atoms with Gasteiger partial charge in [0, 0.05) is 23.1 Å². The quantitative estimate of drug-likeness (QED) is 0.297. The molecular weight excluding hydrogens is 388 g/mol. The summed E-state index contributed by atoms with van der Waals surface area (Å²) in [5, 5.41) is 0.837. The SMILES string of the molecule is C=CCN(CCC)C1CCC(c2ccc(Cl)cc2)(N(CCCC)CCCC)CC1C. The van der Waals surface area contributed by atoms with Crippen molar-refractivity contribution in [1.82, 2.24) is 9.80 Å². The number of benzene rings is 1. The van der Waals surface area contributed by atoms with Gasteiger partial charge in [0.15, 0.2) is 0 Å². The fraction of sp³-hybridized carbons (Fsp3) is 0.704. The lowest BCUT2D eigenvalue weighted by molar-refractivity contribution is -0.0110. The molecule has 3 atom stereocenters. The molecule has 1 aromatic rings. The molecule has 3 unspecified atom stereocenters. The molecule has 0 N–H and O–H groups in total. The van der Waals surface area contributed by atoms with E-state index in [0.29, 0.717) is 12.0 Å². The maximum Gasteiger partial charge on any atom is 0.0464 e. The molecule has 0 aliphatic heterocycles. The first-order valence-corrected chi connectivity index (χ1v) is 12.8. The third kappa shape index (κ3) is 6.34. The van der Waals surface area contributed by atoms with Crippen LogP contribution in [0.15, 0.2) is 36.9 Å². The predicted octanol–water partition coefficient (Wildman–Crippen LogP) is 7.52. The molecular formula is C27H45ClN2. The molecule has 0 amide bonds. The van der Waals surface area contributed by atoms with E-state index in [0.717, 1.165) is 11.6 Å². The van der Waals surface area contributed by atoms with Gasteiger partial charge in [-0.05, 0) is 81.8 Å². The van der Waals surface area contributed by atoms with Crippen LogP contribution in [0.1, 0.15) is 84.6 Å². The third-order valence-electron chi connectivity index (χ3n) is 7.06. The van der Waals surface area contributed by atoms with Crippen molar-refractivity contribution >= 4 is 11.6 Å². The molecule has 1 fully saturated rings. The van der Waals surface area contributed by atoms with Crippen LogP contribution < -0.4 is 0 Å². The van der Waals surface area contributed by atoms with Gasteiger partial charge < -0.3 is 0 Å². The number of nitrogens with zero attached hydrogens (tertiary/aromatic N) is 2. The first-order valence-electron chi connectivity index (χ1n) is 12.4. The number of halogens is 1. The Morgan fingerprint density at radius 1 is 1.03 bits per heavy atom. The summed E-state index contributed by atoms with van der Waals surface area (Å²) >= 11 is 6.28. The molecule has 1 aliphatic rings. The molecule has 30 heavy (non-hydrogen) atoms. The number of unbranched alkanes of at least 4 members (excludes halogenated alkanes) is 2. The van der Waals surface area contributed by atoms with Gasteiger partial charge >= 0.3 is 0 Å². The fourth-order valence-electron chi connectivity index (χ4n) is 5.56. The standard InChI is InChI=1S/C27H45ClN2/c1-6-10-20-30(21-11-7-2)27(24-12-14-25(28)15-13-24)17-16-26(23(5)22-27)29(18-8-3)19-9-4/h8,12-15,23,26H,3,6-7,9-11,16-22H2,1-2,4-5H3. The second-order valence-corrected chi connectivity index (χ2v) is 9.74. The van der Waals surface area contributed by atoms with Crippen LogP contribution in [-0.2, 0) is 5.54 Å². The van der Waals surface area contributed by atoms with Crippen molar-refractivity contribution in [3.05, 3.63) is 47.5 Å². The summed E-state index contributed by atoms with van der Waals surface area (Å²) in [6, 6.07) is 9.44. The first kappa shape index (κ1) is 25.4. The molecule has 0 bridgehead atoms. The van der Waals surface area contributed by atoms with Crippen molar-refractivity contribution in [3.63, 3.8) is 0 Å². The summed E-state index contributed by atoms with van der Waals surface area (Å²) in [6.07, 6.45) is 12.1. The Labute approximate surface area is 191 Å². The van der Waals surface area contributed by atoms with Crippen molar-refractivity contribution in [2.24, 2.45) is 5.92 Å². The zero-order valence-electron chi connectivity index (χ0n) is 20.0. The van der Waals surface area contributed by atoms with Crippen LogP contribution in [0.5, 0.6) is 0 Å². The molecule has 2 nitrogen and oxygen atoms in total. The van der Waals surface area contributed by atoms with E-state index in [-0.39, 0.29) is 5.54 Å². The first-order chi connectivity index (χ1) is 14.5. The van der Waals surface area contributed by atoms with Crippen LogP contribution in [0.2, 0.25) is 5.02 Å². The maximum atomic E-state index is 6.28. The van der Waals surface area contributed by atoms with Gasteiger partial charge in [-0.2, -0.15) is 0 Å². The summed E-state index contributed by atoms with van der Waals surface area (Å²) in [4.78, 5) is 5.51. The molecule has 2 rings (SSSR count). The summed E-state index contributed by atoms with van der Waals surface area (Å²) in [5.41, 5.74) is 1.60. The highest BCUT2D eigenvalue weighted by molar-refractivity contribution is 6.30. The molecule has 1 aromatic carbocycles. The summed E-state index contributed by atoms with van der Waals surface area (Å²) < 4.78 is 0. The number of hydrogen-bond donors (Lipinski definition) is 0. The van der Waals surface area contributed by atoms with Crippen LogP contribution in [0.25, 0.3) is 0 Å². The molecule has 3 heteroatoms. The topological polar surface area (TPSA) is 6.48 Å². The Hall–Kier alpha value is -0.830. The van der Waals surface area contributed by atoms with Gasteiger partial charge in [0.1, 0.15) is 0 Å². The van der Waals surface area contributed by atoms with Crippen LogP contribution in [0, 0.1) is 5.92 Å². The summed E-state index contributed by atoms with van der Waals surface area (Å²) in [7, 11) is 0. The lowest BCUT2D eigenvalue weighted by Gasteiger charge is -2.53. The molecule has 1 saturated carbocycles. The van der Waals surface area contributed by atoms with Gasteiger partial charge in [-0.1, -0.05) is 70.3 Å². The van der Waals surface area contributed by atoms with Crippen molar-refractivity contribution in [2.75, 3.05) is 26.2 Å². The minimum atomic E-state index is 0.136. The largest absolute Gasteiger partial charge is 0.296 e. The van der Waals surface area contributed by atoms with Gasteiger partial charge in [-0.3, -0.25) is 9.80 Å². The van der Waals surface area contributed by atoms with E-state index in [4.69, 9.17) is 11.6 Å². The van der Waals surface area contributed by atoms with Gasteiger partial charge in [-0.15, -0.1) is 6.58 Å². The van der Waals surface area contributed by atoms with Crippen LogP contribution in [0.3, 0.4) is 0 Å². The molecule has 0 saturated heterocycles. The Morgan fingerprint density at radius 2 is 1.67 bits per heavy atom. The van der Waals surface area contributed by atoms with Gasteiger partial charge in [0.25, 0.3) is 0 Å². The fourth-order valence-corrected chi connectivity index (χ4v) is 5.69. The molecule has 1 aliphatic carbocycles. The molecule has 170 valence electrons. The van der Waals surface area contributed by atoms with Crippen LogP contribution >= 0.6 is 11.6 Å². The molecule has 0 spiro atoms. The van der Waals surface area contributed by atoms with E-state index in [1.165, 1.54) is 76.6 Å². The van der Waals surface area contributed by atoms with E-state index in [1.54, 1.807) is 0 Å². The second-order valence-electron chi connectivity index (χ2n) is 9.30. The minimum Gasteiger partial charge on any atom is -0.296 e. The van der Waals surface area contributed by atoms with E-state index >= 15 is 0 Å². The van der Waals surface area contributed by atoms with E-state index in [2.05, 4.69) is 74.4 Å². The average Bonchev–Trinajstić information content (AvgIpc) is 2.74. The lowest BCUT2D eigenvalue weighted by atomic mass is 9.68.